The summed E-state index contributed by atoms with van der Waals surface area (Å²) in [4.78, 5) is 38.2. The normalized spacial score (nSPS) is 12.9. The van der Waals surface area contributed by atoms with Crippen molar-refractivity contribution in [3.8, 4) is 0 Å². The topological polar surface area (TPSA) is 78.9 Å². The third-order valence-corrected chi connectivity index (χ3v) is 12.0. The molecule has 0 saturated heterocycles. The highest BCUT2D eigenvalue weighted by Crippen LogP contribution is 2.14. The largest absolute Gasteiger partial charge is 0.462 e. The van der Waals surface area contributed by atoms with E-state index in [0.29, 0.717) is 19.3 Å². The van der Waals surface area contributed by atoms with Crippen LogP contribution in [-0.2, 0) is 28.6 Å². The van der Waals surface area contributed by atoms with Crippen LogP contribution in [0, 0.1) is 0 Å². The van der Waals surface area contributed by atoms with Gasteiger partial charge in [0.2, 0.25) is 0 Å². The monoisotopic (exact) mass is 971 g/mol. The van der Waals surface area contributed by atoms with Crippen molar-refractivity contribution in [3.63, 3.8) is 0 Å². The molecule has 0 bridgehead atoms. The van der Waals surface area contributed by atoms with Gasteiger partial charge in [0.1, 0.15) is 13.2 Å². The van der Waals surface area contributed by atoms with E-state index in [1.807, 2.05) is 0 Å². The molecule has 0 aromatic carbocycles. The van der Waals surface area contributed by atoms with E-state index in [-0.39, 0.29) is 37.5 Å². The van der Waals surface area contributed by atoms with Crippen molar-refractivity contribution in [2.75, 3.05) is 13.2 Å². The van der Waals surface area contributed by atoms with Gasteiger partial charge in [0.15, 0.2) is 6.10 Å². The number of esters is 3. The van der Waals surface area contributed by atoms with Gasteiger partial charge < -0.3 is 14.2 Å². The molecule has 0 rings (SSSR count). The van der Waals surface area contributed by atoms with E-state index in [0.717, 1.165) is 96.3 Å². The van der Waals surface area contributed by atoms with Crippen LogP contribution >= 0.6 is 0 Å². The van der Waals surface area contributed by atoms with Crippen molar-refractivity contribution >= 4 is 17.9 Å². The second-order valence-electron chi connectivity index (χ2n) is 18.8. The molecule has 0 aromatic heterocycles. The first-order chi connectivity index (χ1) is 34.5. The first kappa shape index (κ1) is 66.1. The number of ether oxygens (including phenoxy) is 3. The van der Waals surface area contributed by atoms with Crippen molar-refractivity contribution in [3.05, 3.63) is 109 Å². The second kappa shape index (κ2) is 57.6. The second-order valence-corrected chi connectivity index (χ2v) is 18.8. The number of carbonyl (C=O) groups is 3. The molecule has 0 radical (unpaired) electrons. The van der Waals surface area contributed by atoms with Gasteiger partial charge in [0.25, 0.3) is 0 Å². The lowest BCUT2D eigenvalue weighted by Crippen LogP contribution is -2.30. The predicted molar refractivity (Wildman–Crippen MR) is 302 cm³/mol. The number of carbonyl (C=O) groups excluding carboxylic acids is 3. The summed E-state index contributed by atoms with van der Waals surface area (Å²) in [5.41, 5.74) is 0. The maximum absolute atomic E-state index is 12.8. The van der Waals surface area contributed by atoms with Crippen molar-refractivity contribution in [1.82, 2.24) is 0 Å². The molecule has 0 aromatic rings. The molecular weight excluding hydrogens is 865 g/mol. The highest BCUT2D eigenvalue weighted by Gasteiger charge is 2.19. The van der Waals surface area contributed by atoms with Gasteiger partial charge in [-0.25, -0.2) is 0 Å². The van der Waals surface area contributed by atoms with Gasteiger partial charge in [-0.2, -0.15) is 0 Å². The molecule has 1 atom stereocenters. The standard InChI is InChI=1S/C64H106O6/c1-4-7-10-13-16-19-22-25-28-31-32-34-36-39-42-45-48-51-54-57-63(66)69-60-61(59-68-62(65)56-53-50-47-44-41-38-35-30-27-24-21-18-15-12-9-6-3)70-64(67)58-55-52-49-46-43-40-37-33-29-26-23-20-17-14-11-8-5-2/h9,12,16-22,25-27,29-30,37,40,46,49,61H,4-8,10-11,13-15,23-24,28,31-36,38-39,41-45,47-48,50-60H2,1-3H3/b12-9-,19-16-,20-17-,21-18-,25-22-,29-26-,30-27-,40-37-,49-46-. The molecule has 0 spiro atoms. The zero-order valence-corrected chi connectivity index (χ0v) is 45.5. The molecule has 0 aliphatic heterocycles. The average Bonchev–Trinajstić information content (AvgIpc) is 3.36. The van der Waals surface area contributed by atoms with E-state index < -0.39 is 6.10 Å². The lowest BCUT2D eigenvalue weighted by atomic mass is 10.1. The number of allylic oxidation sites excluding steroid dienone is 18. The van der Waals surface area contributed by atoms with Crippen LogP contribution in [0.4, 0.5) is 0 Å². The molecule has 6 heteroatoms. The fraction of sp³-hybridized carbons (Fsp3) is 0.672. The van der Waals surface area contributed by atoms with Crippen LogP contribution in [0.3, 0.4) is 0 Å². The van der Waals surface area contributed by atoms with Gasteiger partial charge in [0, 0.05) is 19.3 Å². The molecule has 0 saturated carbocycles. The fourth-order valence-corrected chi connectivity index (χ4v) is 7.67. The Labute approximate surface area is 431 Å². The first-order valence-corrected chi connectivity index (χ1v) is 28.9. The Morgan fingerprint density at radius 2 is 0.614 bits per heavy atom. The predicted octanol–water partition coefficient (Wildman–Crippen LogP) is 19.5. The van der Waals surface area contributed by atoms with Crippen LogP contribution < -0.4 is 0 Å². The molecule has 0 amide bonds. The quantitative estimate of drug-likeness (QED) is 0.0199. The summed E-state index contributed by atoms with van der Waals surface area (Å²) in [6.07, 6.45) is 77.9. The van der Waals surface area contributed by atoms with Crippen molar-refractivity contribution in [2.24, 2.45) is 0 Å². The van der Waals surface area contributed by atoms with Crippen LogP contribution in [0.25, 0.3) is 0 Å². The molecule has 1 unspecified atom stereocenters. The minimum atomic E-state index is -0.816. The SMILES string of the molecule is CC/C=C\C/C=C\C/C=C\CCCCCCCCC(=O)OCC(COC(=O)CCCCCCCCCCCC/C=C\C=C/CCCCC)OC(=O)CCC/C=C\C/C=C\C/C=C\C/C=C\CCCCC. The lowest BCUT2D eigenvalue weighted by molar-refractivity contribution is -0.167. The Morgan fingerprint density at radius 3 is 1.00 bits per heavy atom. The van der Waals surface area contributed by atoms with Crippen LogP contribution in [0.5, 0.6) is 0 Å². The number of hydrogen-bond acceptors (Lipinski definition) is 6. The molecule has 70 heavy (non-hydrogen) atoms. The van der Waals surface area contributed by atoms with Gasteiger partial charge in [0.05, 0.1) is 0 Å². The third-order valence-electron chi connectivity index (χ3n) is 12.0. The van der Waals surface area contributed by atoms with Crippen molar-refractivity contribution in [2.45, 2.75) is 264 Å². The highest BCUT2D eigenvalue weighted by atomic mass is 16.6. The molecule has 0 N–H and O–H groups in total. The average molecular weight is 972 g/mol. The highest BCUT2D eigenvalue weighted by molar-refractivity contribution is 5.71. The minimum Gasteiger partial charge on any atom is -0.462 e. The zero-order valence-electron chi connectivity index (χ0n) is 45.5. The molecule has 0 fully saturated rings. The summed E-state index contributed by atoms with van der Waals surface area (Å²) in [6.45, 7) is 6.42. The number of hydrogen-bond donors (Lipinski definition) is 0. The van der Waals surface area contributed by atoms with Gasteiger partial charge in [-0.3, -0.25) is 14.4 Å². The summed E-state index contributed by atoms with van der Waals surface area (Å²) in [6, 6.07) is 0. The smallest absolute Gasteiger partial charge is 0.306 e. The fourth-order valence-electron chi connectivity index (χ4n) is 7.67. The summed E-state index contributed by atoms with van der Waals surface area (Å²) in [5.74, 6) is -0.979. The summed E-state index contributed by atoms with van der Waals surface area (Å²) < 4.78 is 16.8. The minimum absolute atomic E-state index is 0.107. The van der Waals surface area contributed by atoms with E-state index in [1.165, 1.54) is 116 Å². The molecular formula is C64H106O6. The van der Waals surface area contributed by atoms with Gasteiger partial charge >= 0.3 is 17.9 Å². The van der Waals surface area contributed by atoms with Gasteiger partial charge in [-0.15, -0.1) is 0 Å². The van der Waals surface area contributed by atoms with Crippen LogP contribution in [-0.4, -0.2) is 37.2 Å². The van der Waals surface area contributed by atoms with Crippen LogP contribution in [0.2, 0.25) is 0 Å². The molecule has 6 nitrogen and oxygen atoms in total. The Morgan fingerprint density at radius 1 is 0.314 bits per heavy atom. The zero-order chi connectivity index (χ0) is 50.7. The van der Waals surface area contributed by atoms with E-state index in [4.69, 9.17) is 14.2 Å². The molecule has 0 heterocycles. The number of unbranched alkanes of at least 4 members (excludes halogenated alkanes) is 23. The van der Waals surface area contributed by atoms with Crippen LogP contribution in [0.15, 0.2) is 109 Å². The Kier molecular flexibility index (Phi) is 54.4. The Bertz CT molecular complexity index is 1440. The number of rotatable bonds is 51. The van der Waals surface area contributed by atoms with E-state index >= 15 is 0 Å². The molecule has 0 aliphatic carbocycles. The van der Waals surface area contributed by atoms with E-state index in [1.54, 1.807) is 0 Å². The molecule has 0 aliphatic rings. The van der Waals surface area contributed by atoms with Gasteiger partial charge in [-0.1, -0.05) is 233 Å². The van der Waals surface area contributed by atoms with Gasteiger partial charge in [-0.05, 0) is 116 Å². The molecule has 398 valence electrons. The summed E-state index contributed by atoms with van der Waals surface area (Å²) >= 11 is 0. The summed E-state index contributed by atoms with van der Waals surface area (Å²) in [7, 11) is 0. The van der Waals surface area contributed by atoms with Crippen LogP contribution in [0.1, 0.15) is 258 Å². The maximum atomic E-state index is 12.8. The summed E-state index contributed by atoms with van der Waals surface area (Å²) in [5, 5.41) is 0. The third kappa shape index (κ3) is 55.0. The van der Waals surface area contributed by atoms with E-state index in [9.17, 15) is 14.4 Å². The maximum Gasteiger partial charge on any atom is 0.306 e. The van der Waals surface area contributed by atoms with E-state index in [2.05, 4.69) is 130 Å². The first-order valence-electron chi connectivity index (χ1n) is 28.9. The van der Waals surface area contributed by atoms with Crippen molar-refractivity contribution < 1.29 is 28.6 Å². The Balaban J connectivity index is 4.49. The van der Waals surface area contributed by atoms with Crippen molar-refractivity contribution in [1.29, 1.82) is 0 Å². The lowest BCUT2D eigenvalue weighted by Gasteiger charge is -2.18. The Hall–Kier alpha value is -3.93.